The Labute approximate surface area is 112 Å². The number of rotatable bonds is 3. The van der Waals surface area contributed by atoms with Crippen molar-refractivity contribution in [3.63, 3.8) is 0 Å². The van der Waals surface area contributed by atoms with E-state index in [0.717, 1.165) is 22.0 Å². The van der Waals surface area contributed by atoms with Crippen LogP contribution >= 0.6 is 11.6 Å². The fourth-order valence-corrected chi connectivity index (χ4v) is 1.66. The highest BCUT2D eigenvalue weighted by molar-refractivity contribution is 6.30. The quantitative estimate of drug-likeness (QED) is 0.637. The maximum absolute atomic E-state index is 5.85. The van der Waals surface area contributed by atoms with Gasteiger partial charge in [-0.25, -0.2) is 0 Å². The average Bonchev–Trinajstić information content (AvgIpc) is 2.38. The van der Waals surface area contributed by atoms with Crippen molar-refractivity contribution >= 4 is 23.0 Å². The number of halogens is 1. The molecule has 0 saturated carbocycles. The third kappa shape index (κ3) is 3.34. The van der Waals surface area contributed by atoms with Crippen LogP contribution in [0.15, 0.2) is 53.6 Å². The maximum atomic E-state index is 5.85. The molecule has 0 aliphatic rings. The topological polar surface area (TPSA) is 24.4 Å². The van der Waals surface area contributed by atoms with E-state index in [1.54, 1.807) is 0 Å². The van der Waals surface area contributed by atoms with Gasteiger partial charge in [0.05, 0.1) is 11.4 Å². The average molecular weight is 259 g/mol. The molecule has 2 aromatic rings. The number of hydrazone groups is 1. The molecule has 92 valence electrons. The molecule has 0 atom stereocenters. The van der Waals surface area contributed by atoms with Crippen molar-refractivity contribution < 1.29 is 0 Å². The van der Waals surface area contributed by atoms with Crippen LogP contribution in [0, 0.1) is 6.92 Å². The van der Waals surface area contributed by atoms with Gasteiger partial charge in [-0.1, -0.05) is 41.4 Å². The largest absolute Gasteiger partial charge is 0.278 e. The van der Waals surface area contributed by atoms with Gasteiger partial charge in [-0.2, -0.15) is 5.10 Å². The van der Waals surface area contributed by atoms with Crippen molar-refractivity contribution in [3.05, 3.63) is 64.7 Å². The van der Waals surface area contributed by atoms with E-state index >= 15 is 0 Å². The second-order valence-electron chi connectivity index (χ2n) is 4.18. The number of hydrogen-bond acceptors (Lipinski definition) is 2. The zero-order valence-corrected chi connectivity index (χ0v) is 11.2. The second kappa shape index (κ2) is 5.69. The summed E-state index contributed by atoms with van der Waals surface area (Å²) in [5.74, 6) is 0. The fraction of sp³-hybridized carbons (Fsp3) is 0.133. The first-order valence-corrected chi connectivity index (χ1v) is 6.16. The molecular formula is C15H15ClN2. The Morgan fingerprint density at radius 3 is 2.22 bits per heavy atom. The van der Waals surface area contributed by atoms with Crippen LogP contribution < -0.4 is 5.43 Å². The molecule has 0 radical (unpaired) electrons. The Kier molecular flexibility index (Phi) is 4.00. The van der Waals surface area contributed by atoms with Crippen molar-refractivity contribution in [2.75, 3.05) is 5.43 Å². The molecule has 0 fully saturated rings. The monoisotopic (exact) mass is 258 g/mol. The van der Waals surface area contributed by atoms with Gasteiger partial charge >= 0.3 is 0 Å². The van der Waals surface area contributed by atoms with Crippen LogP contribution in [0.3, 0.4) is 0 Å². The van der Waals surface area contributed by atoms with Crippen LogP contribution in [0.5, 0.6) is 0 Å². The lowest BCUT2D eigenvalue weighted by Gasteiger charge is -2.04. The summed E-state index contributed by atoms with van der Waals surface area (Å²) in [4.78, 5) is 0. The van der Waals surface area contributed by atoms with Gasteiger partial charge in [0.15, 0.2) is 0 Å². The lowest BCUT2D eigenvalue weighted by Crippen LogP contribution is -1.99. The molecule has 3 heteroatoms. The molecule has 0 heterocycles. The first-order chi connectivity index (χ1) is 8.65. The molecule has 0 amide bonds. The minimum Gasteiger partial charge on any atom is -0.278 e. The third-order valence-corrected chi connectivity index (χ3v) is 2.92. The van der Waals surface area contributed by atoms with Crippen molar-refractivity contribution in [2.24, 2.45) is 5.10 Å². The number of anilines is 1. The summed E-state index contributed by atoms with van der Waals surface area (Å²) >= 11 is 5.85. The Morgan fingerprint density at radius 1 is 1.00 bits per heavy atom. The van der Waals surface area contributed by atoms with Gasteiger partial charge in [-0.3, -0.25) is 5.43 Å². The van der Waals surface area contributed by atoms with Crippen LogP contribution in [0.1, 0.15) is 18.1 Å². The summed E-state index contributed by atoms with van der Waals surface area (Å²) in [6.07, 6.45) is 0. The van der Waals surface area contributed by atoms with Gasteiger partial charge < -0.3 is 0 Å². The molecule has 0 aromatic heterocycles. The molecule has 2 nitrogen and oxygen atoms in total. The SMILES string of the molecule is C/C(=N/Nc1ccc(C)cc1)c1ccc(Cl)cc1. The van der Waals surface area contributed by atoms with Gasteiger partial charge in [0, 0.05) is 5.02 Å². The van der Waals surface area contributed by atoms with Crippen molar-refractivity contribution in [1.29, 1.82) is 0 Å². The first-order valence-electron chi connectivity index (χ1n) is 5.78. The van der Waals surface area contributed by atoms with E-state index in [-0.39, 0.29) is 0 Å². The van der Waals surface area contributed by atoms with E-state index in [4.69, 9.17) is 11.6 Å². The van der Waals surface area contributed by atoms with E-state index in [1.807, 2.05) is 43.3 Å². The standard InChI is InChI=1S/C15H15ClN2/c1-11-3-9-15(10-4-11)18-17-12(2)13-5-7-14(16)8-6-13/h3-10,18H,1-2H3/b17-12-. The van der Waals surface area contributed by atoms with E-state index in [2.05, 4.69) is 29.6 Å². The maximum Gasteiger partial charge on any atom is 0.0648 e. The predicted octanol–water partition coefficient (Wildman–Crippen LogP) is 4.48. The summed E-state index contributed by atoms with van der Waals surface area (Å²) in [7, 11) is 0. The highest BCUT2D eigenvalue weighted by Crippen LogP contribution is 2.12. The van der Waals surface area contributed by atoms with Crippen molar-refractivity contribution in [2.45, 2.75) is 13.8 Å². The molecule has 0 bridgehead atoms. The molecule has 0 spiro atoms. The minimum atomic E-state index is 0.734. The second-order valence-corrected chi connectivity index (χ2v) is 4.62. The van der Waals surface area contributed by atoms with Gasteiger partial charge in [0.1, 0.15) is 0 Å². The van der Waals surface area contributed by atoms with E-state index in [9.17, 15) is 0 Å². The van der Waals surface area contributed by atoms with Gasteiger partial charge in [0.25, 0.3) is 0 Å². The van der Waals surface area contributed by atoms with E-state index in [1.165, 1.54) is 5.56 Å². The molecular weight excluding hydrogens is 244 g/mol. The van der Waals surface area contributed by atoms with Crippen LogP contribution in [0.4, 0.5) is 5.69 Å². The predicted molar refractivity (Wildman–Crippen MR) is 78.5 cm³/mol. The fourth-order valence-electron chi connectivity index (χ4n) is 1.53. The molecule has 0 aliphatic heterocycles. The lowest BCUT2D eigenvalue weighted by atomic mass is 10.1. The van der Waals surface area contributed by atoms with Gasteiger partial charge in [-0.15, -0.1) is 0 Å². The molecule has 0 aliphatic carbocycles. The number of nitrogens with zero attached hydrogens (tertiary/aromatic N) is 1. The zero-order valence-electron chi connectivity index (χ0n) is 10.4. The minimum absolute atomic E-state index is 0.734. The number of nitrogens with one attached hydrogen (secondary N) is 1. The number of benzene rings is 2. The number of aryl methyl sites for hydroxylation is 1. The molecule has 18 heavy (non-hydrogen) atoms. The van der Waals surface area contributed by atoms with Crippen LogP contribution in [-0.4, -0.2) is 5.71 Å². The van der Waals surface area contributed by atoms with Gasteiger partial charge in [-0.05, 0) is 43.7 Å². The summed E-state index contributed by atoms with van der Waals surface area (Å²) in [5.41, 5.74) is 7.23. The Balaban J connectivity index is 2.09. The lowest BCUT2D eigenvalue weighted by molar-refractivity contribution is 1.31. The highest BCUT2D eigenvalue weighted by atomic mass is 35.5. The Bertz CT molecular complexity index is 542. The summed E-state index contributed by atoms with van der Waals surface area (Å²) in [6.45, 7) is 4.02. The smallest absolute Gasteiger partial charge is 0.0648 e. The zero-order chi connectivity index (χ0) is 13.0. The normalized spacial score (nSPS) is 11.4. The van der Waals surface area contributed by atoms with Crippen molar-refractivity contribution in [3.8, 4) is 0 Å². The molecule has 0 unspecified atom stereocenters. The Hall–Kier alpha value is -1.80. The summed E-state index contributed by atoms with van der Waals surface area (Å²) < 4.78 is 0. The highest BCUT2D eigenvalue weighted by Gasteiger charge is 1.97. The Morgan fingerprint density at radius 2 is 1.61 bits per heavy atom. The van der Waals surface area contributed by atoms with E-state index in [0.29, 0.717) is 0 Å². The third-order valence-electron chi connectivity index (χ3n) is 2.67. The first kappa shape index (κ1) is 12.7. The van der Waals surface area contributed by atoms with E-state index < -0.39 is 0 Å². The van der Waals surface area contributed by atoms with Crippen LogP contribution in [-0.2, 0) is 0 Å². The van der Waals surface area contributed by atoms with Gasteiger partial charge in [0.2, 0.25) is 0 Å². The summed E-state index contributed by atoms with van der Waals surface area (Å²) in [6, 6.07) is 15.8. The number of hydrogen-bond donors (Lipinski definition) is 1. The van der Waals surface area contributed by atoms with Crippen LogP contribution in [0.2, 0.25) is 5.02 Å². The molecule has 2 rings (SSSR count). The van der Waals surface area contributed by atoms with Crippen LogP contribution in [0.25, 0.3) is 0 Å². The molecule has 2 aromatic carbocycles. The molecule has 1 N–H and O–H groups in total. The summed E-state index contributed by atoms with van der Waals surface area (Å²) in [5, 5.41) is 5.08. The molecule has 0 saturated heterocycles. The van der Waals surface area contributed by atoms with Crippen molar-refractivity contribution in [1.82, 2.24) is 0 Å².